The first-order valence-electron chi connectivity index (χ1n) is 4.26. The van der Waals surface area contributed by atoms with Crippen LogP contribution in [0.4, 0.5) is 5.69 Å². The molecule has 15 heavy (non-hydrogen) atoms. The summed E-state index contributed by atoms with van der Waals surface area (Å²) < 4.78 is 0. The number of carbonyl (C=O) groups is 2. The van der Waals surface area contributed by atoms with Crippen LogP contribution >= 0.6 is 0 Å². The molecule has 0 radical (unpaired) electrons. The van der Waals surface area contributed by atoms with Crippen LogP contribution in [-0.2, 0) is 9.59 Å². The molecule has 2 amide bonds. The van der Waals surface area contributed by atoms with Gasteiger partial charge in [-0.1, -0.05) is 0 Å². The van der Waals surface area contributed by atoms with Crippen molar-refractivity contribution in [2.75, 3.05) is 4.90 Å². The molecule has 2 N–H and O–H groups in total. The number of aromatic hydroxyl groups is 2. The summed E-state index contributed by atoms with van der Waals surface area (Å²) >= 11 is 0. The SMILES string of the molecule is CC(=O)N(C(C)=O)c1ccc(O)cc1O. The lowest BCUT2D eigenvalue weighted by Gasteiger charge is -2.18. The molecular formula is C10H11NO4. The lowest BCUT2D eigenvalue weighted by molar-refractivity contribution is -0.124. The van der Waals surface area contributed by atoms with Gasteiger partial charge in [0.1, 0.15) is 11.5 Å². The first-order valence-corrected chi connectivity index (χ1v) is 4.26. The number of hydrogen-bond acceptors (Lipinski definition) is 4. The summed E-state index contributed by atoms with van der Waals surface area (Å²) in [5.74, 6) is -1.45. The Balaban J connectivity index is 3.23. The van der Waals surface area contributed by atoms with Gasteiger partial charge in [-0.25, -0.2) is 4.90 Å². The molecule has 0 atom stereocenters. The van der Waals surface area contributed by atoms with Crippen LogP contribution in [0, 0.1) is 0 Å². The van der Waals surface area contributed by atoms with Crippen LogP contribution in [0.15, 0.2) is 18.2 Å². The fourth-order valence-corrected chi connectivity index (χ4v) is 1.26. The molecule has 0 saturated heterocycles. The highest BCUT2D eigenvalue weighted by Gasteiger charge is 2.19. The Morgan fingerprint density at radius 1 is 1.13 bits per heavy atom. The average molecular weight is 209 g/mol. The summed E-state index contributed by atoms with van der Waals surface area (Å²) in [4.78, 5) is 23.1. The molecule has 80 valence electrons. The summed E-state index contributed by atoms with van der Waals surface area (Å²) in [6, 6.07) is 3.65. The van der Waals surface area contributed by atoms with Crippen LogP contribution in [0.2, 0.25) is 0 Å². The van der Waals surface area contributed by atoms with E-state index in [4.69, 9.17) is 5.11 Å². The Hall–Kier alpha value is -2.04. The molecule has 5 nitrogen and oxygen atoms in total. The van der Waals surface area contributed by atoms with Gasteiger partial charge in [-0.3, -0.25) is 9.59 Å². The van der Waals surface area contributed by atoms with Gasteiger partial charge in [0.05, 0.1) is 5.69 Å². The maximum Gasteiger partial charge on any atom is 0.230 e. The van der Waals surface area contributed by atoms with E-state index < -0.39 is 11.8 Å². The van der Waals surface area contributed by atoms with E-state index in [1.165, 1.54) is 26.0 Å². The Bertz CT molecular complexity index is 400. The summed E-state index contributed by atoms with van der Waals surface area (Å²) in [7, 11) is 0. The molecule has 1 aromatic carbocycles. The van der Waals surface area contributed by atoms with Crippen molar-refractivity contribution >= 4 is 17.5 Å². The number of carbonyl (C=O) groups excluding carboxylic acids is 2. The minimum atomic E-state index is -0.497. The van der Waals surface area contributed by atoms with E-state index in [1.807, 2.05) is 0 Å². The van der Waals surface area contributed by atoms with Crippen molar-refractivity contribution in [3.8, 4) is 11.5 Å². The van der Waals surface area contributed by atoms with E-state index in [-0.39, 0.29) is 17.2 Å². The molecule has 0 aromatic heterocycles. The third kappa shape index (κ3) is 2.25. The molecule has 5 heteroatoms. The zero-order chi connectivity index (χ0) is 11.6. The predicted molar refractivity (Wildman–Crippen MR) is 53.6 cm³/mol. The second-order valence-corrected chi connectivity index (χ2v) is 3.05. The second-order valence-electron chi connectivity index (χ2n) is 3.05. The highest BCUT2D eigenvalue weighted by Crippen LogP contribution is 2.30. The van der Waals surface area contributed by atoms with Crippen LogP contribution < -0.4 is 4.90 Å². The van der Waals surface area contributed by atoms with E-state index in [2.05, 4.69) is 0 Å². The van der Waals surface area contributed by atoms with Crippen molar-refractivity contribution in [2.24, 2.45) is 0 Å². The number of benzene rings is 1. The Labute approximate surface area is 86.6 Å². The van der Waals surface area contributed by atoms with E-state index in [9.17, 15) is 14.7 Å². The van der Waals surface area contributed by atoms with Crippen LogP contribution in [-0.4, -0.2) is 22.0 Å². The average Bonchev–Trinajstić information content (AvgIpc) is 2.08. The number of amides is 2. The normalized spacial score (nSPS) is 9.73. The van der Waals surface area contributed by atoms with E-state index in [1.54, 1.807) is 0 Å². The minimum absolute atomic E-state index is 0.0628. The smallest absolute Gasteiger partial charge is 0.230 e. The Morgan fingerprint density at radius 3 is 2.07 bits per heavy atom. The molecule has 0 bridgehead atoms. The Kier molecular flexibility index (Phi) is 2.94. The number of rotatable bonds is 1. The van der Waals surface area contributed by atoms with Crippen LogP contribution in [0.3, 0.4) is 0 Å². The number of hydrogen-bond donors (Lipinski definition) is 2. The summed E-state index contributed by atoms with van der Waals surface area (Å²) in [5.41, 5.74) is 0.0628. The van der Waals surface area contributed by atoms with Crippen molar-refractivity contribution in [1.29, 1.82) is 0 Å². The van der Waals surface area contributed by atoms with Crippen molar-refractivity contribution in [3.05, 3.63) is 18.2 Å². The van der Waals surface area contributed by atoms with Crippen LogP contribution in [0.5, 0.6) is 11.5 Å². The van der Waals surface area contributed by atoms with Gasteiger partial charge in [0.25, 0.3) is 0 Å². The van der Waals surface area contributed by atoms with Gasteiger partial charge in [0.15, 0.2) is 0 Å². The standard InChI is InChI=1S/C10H11NO4/c1-6(12)11(7(2)13)9-4-3-8(14)5-10(9)15/h3-5,14-15H,1-2H3. The summed E-state index contributed by atoms with van der Waals surface area (Å²) in [5, 5.41) is 18.5. The molecule has 1 rings (SSSR count). The molecule has 0 fully saturated rings. The summed E-state index contributed by atoms with van der Waals surface area (Å²) in [6.07, 6.45) is 0. The second kappa shape index (κ2) is 4.00. The third-order valence-corrected chi connectivity index (χ3v) is 1.83. The van der Waals surface area contributed by atoms with Gasteiger partial charge in [0.2, 0.25) is 11.8 Å². The van der Waals surface area contributed by atoms with Gasteiger partial charge in [-0.05, 0) is 12.1 Å². The van der Waals surface area contributed by atoms with Crippen LogP contribution in [0.1, 0.15) is 13.8 Å². The maximum absolute atomic E-state index is 11.2. The fourth-order valence-electron chi connectivity index (χ4n) is 1.26. The number of anilines is 1. The van der Waals surface area contributed by atoms with Crippen molar-refractivity contribution in [3.63, 3.8) is 0 Å². The first-order chi connectivity index (χ1) is 6.93. The summed E-state index contributed by atoms with van der Waals surface area (Å²) in [6.45, 7) is 2.43. The lowest BCUT2D eigenvalue weighted by atomic mass is 10.2. The monoisotopic (exact) mass is 209 g/mol. The molecule has 1 aromatic rings. The predicted octanol–water partition coefficient (Wildman–Crippen LogP) is 0.997. The minimum Gasteiger partial charge on any atom is -0.508 e. The van der Waals surface area contributed by atoms with E-state index in [0.717, 1.165) is 11.0 Å². The molecular weight excluding hydrogens is 198 g/mol. The highest BCUT2D eigenvalue weighted by molar-refractivity contribution is 6.14. The third-order valence-electron chi connectivity index (χ3n) is 1.83. The van der Waals surface area contributed by atoms with E-state index >= 15 is 0 Å². The van der Waals surface area contributed by atoms with Gasteiger partial charge in [-0.15, -0.1) is 0 Å². The van der Waals surface area contributed by atoms with Gasteiger partial charge < -0.3 is 10.2 Å². The molecule has 0 aliphatic carbocycles. The van der Waals surface area contributed by atoms with Crippen molar-refractivity contribution < 1.29 is 19.8 Å². The number of imide groups is 1. The quantitative estimate of drug-likeness (QED) is 0.723. The molecule has 0 aliphatic rings. The maximum atomic E-state index is 11.2. The Morgan fingerprint density at radius 2 is 1.67 bits per heavy atom. The number of nitrogens with zero attached hydrogens (tertiary/aromatic N) is 1. The largest absolute Gasteiger partial charge is 0.508 e. The van der Waals surface area contributed by atoms with Gasteiger partial charge in [-0.2, -0.15) is 0 Å². The molecule has 0 saturated carbocycles. The zero-order valence-corrected chi connectivity index (χ0v) is 8.39. The molecule has 0 unspecified atom stereocenters. The fraction of sp³-hybridized carbons (Fsp3) is 0.200. The number of phenolic OH excluding ortho intramolecular Hbond substituents is 2. The molecule has 0 heterocycles. The van der Waals surface area contributed by atoms with Crippen molar-refractivity contribution in [2.45, 2.75) is 13.8 Å². The zero-order valence-electron chi connectivity index (χ0n) is 8.39. The van der Waals surface area contributed by atoms with Crippen LogP contribution in [0.25, 0.3) is 0 Å². The van der Waals surface area contributed by atoms with Crippen molar-refractivity contribution in [1.82, 2.24) is 0 Å². The van der Waals surface area contributed by atoms with Gasteiger partial charge in [0, 0.05) is 19.9 Å². The first kappa shape index (κ1) is 11.0. The highest BCUT2D eigenvalue weighted by atomic mass is 16.3. The van der Waals surface area contributed by atoms with Gasteiger partial charge >= 0.3 is 0 Å². The molecule has 0 spiro atoms. The number of phenols is 2. The topological polar surface area (TPSA) is 77.8 Å². The molecule has 0 aliphatic heterocycles. The lowest BCUT2D eigenvalue weighted by Crippen LogP contribution is -2.33. The van der Waals surface area contributed by atoms with E-state index in [0.29, 0.717) is 0 Å².